The summed E-state index contributed by atoms with van der Waals surface area (Å²) in [7, 11) is 0. The second-order valence-corrected chi connectivity index (χ2v) is 4.82. The number of hydrogen-bond donors (Lipinski definition) is 2. The Hall–Kier alpha value is -3.46. The van der Waals surface area contributed by atoms with Gasteiger partial charge in [0.25, 0.3) is 0 Å². The first-order chi connectivity index (χ1) is 11.3. The minimum absolute atomic E-state index is 0.597. The Bertz CT molecular complexity index is 826. The fourth-order valence-electron chi connectivity index (χ4n) is 2.03. The van der Waals surface area contributed by atoms with Crippen molar-refractivity contribution in [1.29, 1.82) is 5.26 Å². The molecule has 1 aromatic carbocycles. The molecule has 0 spiro atoms. The van der Waals surface area contributed by atoms with E-state index in [9.17, 15) is 0 Å². The van der Waals surface area contributed by atoms with Crippen LogP contribution in [0.4, 0.5) is 17.3 Å². The van der Waals surface area contributed by atoms with E-state index < -0.39 is 0 Å². The first kappa shape index (κ1) is 14.5. The van der Waals surface area contributed by atoms with E-state index in [1.807, 2.05) is 30.3 Å². The third-order valence-corrected chi connectivity index (χ3v) is 3.15. The van der Waals surface area contributed by atoms with Crippen molar-refractivity contribution in [2.24, 2.45) is 0 Å². The summed E-state index contributed by atoms with van der Waals surface area (Å²) in [5, 5.41) is 15.3. The zero-order chi connectivity index (χ0) is 15.9. The number of hydrogen-bond acceptors (Lipinski definition) is 6. The molecule has 23 heavy (non-hydrogen) atoms. The number of rotatable bonds is 5. The molecule has 6 heteroatoms. The number of nitriles is 1. The lowest BCUT2D eigenvalue weighted by molar-refractivity contribution is 1.07. The second kappa shape index (κ2) is 7.00. The lowest BCUT2D eigenvalue weighted by atomic mass is 10.2. The third kappa shape index (κ3) is 4.02. The van der Waals surface area contributed by atoms with Crippen LogP contribution in [0.25, 0.3) is 0 Å². The number of nitrogens with zero attached hydrogens (tertiary/aromatic N) is 4. The molecule has 0 saturated carbocycles. The van der Waals surface area contributed by atoms with Crippen LogP contribution in [0.1, 0.15) is 11.1 Å². The summed E-state index contributed by atoms with van der Waals surface area (Å²) in [6, 6.07) is 15.1. The maximum absolute atomic E-state index is 8.93. The van der Waals surface area contributed by atoms with E-state index in [-0.39, 0.29) is 0 Å². The van der Waals surface area contributed by atoms with Crippen molar-refractivity contribution in [2.45, 2.75) is 6.54 Å². The van der Waals surface area contributed by atoms with Crippen LogP contribution in [-0.4, -0.2) is 15.0 Å². The van der Waals surface area contributed by atoms with E-state index in [0.29, 0.717) is 17.9 Å². The molecule has 3 rings (SSSR count). The lowest BCUT2D eigenvalue weighted by Crippen LogP contribution is -2.03. The molecule has 0 aliphatic carbocycles. The molecule has 3 aromatic rings. The smallest absolute Gasteiger partial charge is 0.135 e. The van der Waals surface area contributed by atoms with Gasteiger partial charge in [-0.3, -0.25) is 4.98 Å². The van der Waals surface area contributed by atoms with Gasteiger partial charge in [-0.05, 0) is 35.9 Å². The molecule has 0 aliphatic rings. The van der Waals surface area contributed by atoms with Crippen molar-refractivity contribution >= 4 is 17.3 Å². The van der Waals surface area contributed by atoms with E-state index in [0.717, 1.165) is 17.1 Å². The molecule has 0 saturated heterocycles. The van der Waals surface area contributed by atoms with Gasteiger partial charge in [-0.15, -0.1) is 0 Å². The fourth-order valence-corrected chi connectivity index (χ4v) is 2.03. The predicted octanol–water partition coefficient (Wildman–Crippen LogP) is 3.10. The topological polar surface area (TPSA) is 86.5 Å². The van der Waals surface area contributed by atoms with Crippen LogP contribution in [0.5, 0.6) is 0 Å². The maximum atomic E-state index is 8.93. The fraction of sp³-hybridized carbons (Fsp3) is 0.0588. The Kier molecular flexibility index (Phi) is 4.41. The van der Waals surface area contributed by atoms with Crippen LogP contribution in [0.3, 0.4) is 0 Å². The highest BCUT2D eigenvalue weighted by Crippen LogP contribution is 2.17. The molecule has 2 aromatic heterocycles. The lowest BCUT2D eigenvalue weighted by Gasteiger charge is -2.09. The van der Waals surface area contributed by atoms with Gasteiger partial charge in [-0.25, -0.2) is 9.97 Å². The molecule has 0 bridgehead atoms. The molecular formula is C17H14N6. The SMILES string of the molecule is N#Cc1cccc(Nc2cc(NCc3ccncc3)ncn2)c1. The van der Waals surface area contributed by atoms with Gasteiger partial charge in [0, 0.05) is 30.7 Å². The first-order valence-electron chi connectivity index (χ1n) is 7.05. The van der Waals surface area contributed by atoms with Gasteiger partial charge in [-0.1, -0.05) is 6.07 Å². The van der Waals surface area contributed by atoms with Crippen LogP contribution < -0.4 is 10.6 Å². The Balaban J connectivity index is 1.68. The average Bonchev–Trinajstić information content (AvgIpc) is 2.61. The van der Waals surface area contributed by atoms with Crippen LogP contribution in [0.2, 0.25) is 0 Å². The first-order valence-corrected chi connectivity index (χ1v) is 7.05. The normalized spacial score (nSPS) is 9.87. The van der Waals surface area contributed by atoms with Crippen molar-refractivity contribution in [3.63, 3.8) is 0 Å². The van der Waals surface area contributed by atoms with Crippen LogP contribution >= 0.6 is 0 Å². The standard InChI is InChI=1S/C17H14N6/c18-10-14-2-1-3-15(8-14)23-17-9-16(21-12-22-17)20-11-13-4-6-19-7-5-13/h1-9,12H,11H2,(H2,20,21,22,23). The van der Waals surface area contributed by atoms with Gasteiger partial charge in [0.2, 0.25) is 0 Å². The van der Waals surface area contributed by atoms with E-state index in [1.165, 1.54) is 6.33 Å². The summed E-state index contributed by atoms with van der Waals surface area (Å²) < 4.78 is 0. The quantitative estimate of drug-likeness (QED) is 0.753. The minimum Gasteiger partial charge on any atom is -0.366 e. The molecule has 2 heterocycles. The number of benzene rings is 1. The molecule has 0 fully saturated rings. The molecule has 6 nitrogen and oxygen atoms in total. The highest BCUT2D eigenvalue weighted by Gasteiger charge is 2.01. The number of aromatic nitrogens is 3. The number of pyridine rings is 1. The summed E-state index contributed by atoms with van der Waals surface area (Å²) in [4.78, 5) is 12.4. The maximum Gasteiger partial charge on any atom is 0.135 e. The summed E-state index contributed by atoms with van der Waals surface area (Å²) in [5.74, 6) is 1.38. The Labute approximate surface area is 133 Å². The molecule has 2 N–H and O–H groups in total. The van der Waals surface area contributed by atoms with E-state index >= 15 is 0 Å². The minimum atomic E-state index is 0.597. The molecule has 0 aliphatic heterocycles. The van der Waals surface area contributed by atoms with Gasteiger partial charge in [0.1, 0.15) is 18.0 Å². The average molecular weight is 302 g/mol. The van der Waals surface area contributed by atoms with Gasteiger partial charge in [0.05, 0.1) is 11.6 Å². The summed E-state index contributed by atoms with van der Waals surface area (Å²) in [6.07, 6.45) is 5.00. The predicted molar refractivity (Wildman–Crippen MR) is 88.0 cm³/mol. The van der Waals surface area contributed by atoms with Crippen molar-refractivity contribution in [3.8, 4) is 6.07 Å². The molecule has 0 atom stereocenters. The number of nitrogens with one attached hydrogen (secondary N) is 2. The third-order valence-electron chi connectivity index (χ3n) is 3.15. The van der Waals surface area contributed by atoms with Crippen molar-refractivity contribution in [1.82, 2.24) is 15.0 Å². The van der Waals surface area contributed by atoms with E-state index in [2.05, 4.69) is 31.7 Å². The summed E-state index contributed by atoms with van der Waals surface area (Å²) >= 11 is 0. The molecule has 0 radical (unpaired) electrons. The number of anilines is 3. The zero-order valence-electron chi connectivity index (χ0n) is 12.3. The van der Waals surface area contributed by atoms with Gasteiger partial charge >= 0.3 is 0 Å². The molecule has 0 amide bonds. The Morgan fingerprint density at radius 2 is 1.83 bits per heavy atom. The van der Waals surface area contributed by atoms with Crippen molar-refractivity contribution in [2.75, 3.05) is 10.6 Å². The highest BCUT2D eigenvalue weighted by molar-refractivity contribution is 5.60. The van der Waals surface area contributed by atoms with E-state index in [4.69, 9.17) is 5.26 Å². The zero-order valence-corrected chi connectivity index (χ0v) is 12.3. The summed E-state index contributed by atoms with van der Waals surface area (Å²) in [6.45, 7) is 0.656. The van der Waals surface area contributed by atoms with Crippen molar-refractivity contribution < 1.29 is 0 Å². The Morgan fingerprint density at radius 1 is 1.00 bits per heavy atom. The monoisotopic (exact) mass is 302 g/mol. The van der Waals surface area contributed by atoms with Gasteiger partial charge in [0.15, 0.2) is 0 Å². The Morgan fingerprint density at radius 3 is 2.65 bits per heavy atom. The van der Waals surface area contributed by atoms with E-state index in [1.54, 1.807) is 24.5 Å². The highest BCUT2D eigenvalue weighted by atomic mass is 15.1. The largest absolute Gasteiger partial charge is 0.366 e. The molecule has 0 unspecified atom stereocenters. The molecule has 112 valence electrons. The molecular weight excluding hydrogens is 288 g/mol. The summed E-state index contributed by atoms with van der Waals surface area (Å²) in [5.41, 5.74) is 2.53. The van der Waals surface area contributed by atoms with Crippen LogP contribution in [0, 0.1) is 11.3 Å². The van der Waals surface area contributed by atoms with Crippen molar-refractivity contribution in [3.05, 3.63) is 72.3 Å². The van der Waals surface area contributed by atoms with Gasteiger partial charge in [-0.2, -0.15) is 5.26 Å². The van der Waals surface area contributed by atoms with Gasteiger partial charge < -0.3 is 10.6 Å². The second-order valence-electron chi connectivity index (χ2n) is 4.82. The van der Waals surface area contributed by atoms with Crippen LogP contribution in [0.15, 0.2) is 61.2 Å². The van der Waals surface area contributed by atoms with Crippen LogP contribution in [-0.2, 0) is 6.54 Å².